The van der Waals surface area contributed by atoms with Crippen molar-refractivity contribution in [1.82, 2.24) is 5.32 Å². The third-order valence-electron chi connectivity index (χ3n) is 5.26. The zero-order chi connectivity index (χ0) is 22.4. The van der Waals surface area contributed by atoms with E-state index >= 15 is 0 Å². The monoisotopic (exact) mass is 436 g/mol. The molecule has 1 N–H and O–H groups in total. The molecule has 3 aromatic carbocycles. The highest BCUT2D eigenvalue weighted by molar-refractivity contribution is 7.92. The van der Waals surface area contributed by atoms with Crippen molar-refractivity contribution in [3.05, 3.63) is 102 Å². The van der Waals surface area contributed by atoms with E-state index in [9.17, 15) is 13.2 Å². The number of rotatable bonds is 8. The minimum Gasteiger partial charge on any atom is -0.343 e. The molecular weight excluding hydrogens is 408 g/mol. The van der Waals surface area contributed by atoms with Crippen LogP contribution >= 0.6 is 0 Å². The van der Waals surface area contributed by atoms with Crippen LogP contribution in [0.3, 0.4) is 0 Å². The Bertz CT molecular complexity index is 1120. The third kappa shape index (κ3) is 5.33. The summed E-state index contributed by atoms with van der Waals surface area (Å²) in [7, 11) is -3.68. The molecule has 2 atom stereocenters. The van der Waals surface area contributed by atoms with Gasteiger partial charge in [-0.2, -0.15) is 0 Å². The minimum atomic E-state index is -3.68. The highest BCUT2D eigenvalue weighted by Gasteiger charge is 2.33. The maximum Gasteiger partial charge on any atom is 0.244 e. The van der Waals surface area contributed by atoms with Gasteiger partial charge in [0.2, 0.25) is 15.9 Å². The Morgan fingerprint density at radius 2 is 1.45 bits per heavy atom. The van der Waals surface area contributed by atoms with Crippen molar-refractivity contribution in [2.45, 2.75) is 32.4 Å². The molecule has 0 aliphatic heterocycles. The average Bonchev–Trinajstić information content (AvgIpc) is 2.76. The van der Waals surface area contributed by atoms with Crippen LogP contribution < -0.4 is 9.62 Å². The maximum atomic E-state index is 13.5. The van der Waals surface area contributed by atoms with Gasteiger partial charge >= 0.3 is 0 Å². The Morgan fingerprint density at radius 1 is 0.903 bits per heavy atom. The van der Waals surface area contributed by atoms with Crippen LogP contribution in [0, 0.1) is 6.92 Å². The second kappa shape index (κ2) is 9.79. The summed E-state index contributed by atoms with van der Waals surface area (Å²) >= 11 is 0. The lowest BCUT2D eigenvalue weighted by atomic mass is 9.94. The van der Waals surface area contributed by atoms with Crippen molar-refractivity contribution in [3.63, 3.8) is 0 Å². The first-order valence-corrected chi connectivity index (χ1v) is 12.1. The van der Waals surface area contributed by atoms with E-state index in [2.05, 4.69) is 5.32 Å². The van der Waals surface area contributed by atoms with Crippen molar-refractivity contribution >= 4 is 21.6 Å². The molecule has 3 rings (SSSR count). The summed E-state index contributed by atoms with van der Waals surface area (Å²) in [4.78, 5) is 13.5. The Morgan fingerprint density at radius 3 is 2.00 bits per heavy atom. The number of nitrogens with zero attached hydrogens (tertiary/aromatic N) is 1. The molecule has 3 aromatic rings. The van der Waals surface area contributed by atoms with Crippen LogP contribution in [0.2, 0.25) is 0 Å². The first-order chi connectivity index (χ1) is 14.8. The number of carbonyl (C=O) groups excluding carboxylic acids is 1. The maximum absolute atomic E-state index is 13.5. The molecule has 1 amide bonds. The number of sulfonamides is 1. The predicted molar refractivity (Wildman–Crippen MR) is 125 cm³/mol. The smallest absolute Gasteiger partial charge is 0.244 e. The van der Waals surface area contributed by atoms with Crippen LogP contribution in [0.5, 0.6) is 0 Å². The number of hydrogen-bond acceptors (Lipinski definition) is 3. The zero-order valence-electron chi connectivity index (χ0n) is 18.0. The summed E-state index contributed by atoms with van der Waals surface area (Å²) < 4.78 is 26.5. The van der Waals surface area contributed by atoms with Gasteiger partial charge in [-0.25, -0.2) is 8.42 Å². The molecule has 0 aliphatic rings. The van der Waals surface area contributed by atoms with E-state index in [0.29, 0.717) is 12.1 Å². The van der Waals surface area contributed by atoms with Crippen LogP contribution in [0.1, 0.15) is 36.1 Å². The molecule has 0 fully saturated rings. The van der Waals surface area contributed by atoms with Gasteiger partial charge in [-0.1, -0.05) is 79.7 Å². The largest absolute Gasteiger partial charge is 0.343 e. The lowest BCUT2D eigenvalue weighted by Gasteiger charge is -2.32. The Balaban J connectivity index is 2.00. The van der Waals surface area contributed by atoms with E-state index in [1.807, 2.05) is 74.5 Å². The molecule has 162 valence electrons. The van der Waals surface area contributed by atoms with Gasteiger partial charge in [0.1, 0.15) is 6.04 Å². The molecule has 0 heterocycles. The van der Waals surface area contributed by atoms with E-state index in [1.165, 1.54) is 4.31 Å². The fourth-order valence-corrected chi connectivity index (χ4v) is 4.98. The molecule has 6 heteroatoms. The molecule has 0 bridgehead atoms. The molecule has 0 saturated carbocycles. The van der Waals surface area contributed by atoms with Crippen LogP contribution in [-0.2, 0) is 14.8 Å². The van der Waals surface area contributed by atoms with Gasteiger partial charge < -0.3 is 5.32 Å². The highest BCUT2D eigenvalue weighted by atomic mass is 32.2. The van der Waals surface area contributed by atoms with Gasteiger partial charge in [0.05, 0.1) is 18.0 Å². The Hall–Kier alpha value is -3.12. The molecule has 0 aromatic heterocycles. The lowest BCUT2D eigenvalue weighted by Crippen LogP contribution is -2.50. The van der Waals surface area contributed by atoms with E-state index < -0.39 is 16.1 Å². The summed E-state index contributed by atoms with van der Waals surface area (Å²) in [6.45, 7) is 3.82. The fourth-order valence-electron chi connectivity index (χ4n) is 3.77. The zero-order valence-corrected chi connectivity index (χ0v) is 18.8. The summed E-state index contributed by atoms with van der Waals surface area (Å²) in [5, 5.41) is 3.12. The van der Waals surface area contributed by atoms with Gasteiger partial charge in [0.25, 0.3) is 0 Å². The summed E-state index contributed by atoms with van der Waals surface area (Å²) in [6.07, 6.45) is 1.47. The number of aryl methyl sites for hydroxylation is 1. The summed E-state index contributed by atoms with van der Waals surface area (Å²) in [5.41, 5.74) is 3.43. The van der Waals surface area contributed by atoms with E-state index in [0.717, 1.165) is 22.9 Å². The SMILES string of the molecule is CCC(C(=O)NC(c1ccccc1)c1ccccc1C)N(c1ccccc1)S(C)(=O)=O. The number of carbonyl (C=O) groups is 1. The molecule has 2 unspecified atom stereocenters. The highest BCUT2D eigenvalue weighted by Crippen LogP contribution is 2.27. The molecule has 0 aliphatic carbocycles. The van der Waals surface area contributed by atoms with Crippen molar-refractivity contribution in [3.8, 4) is 0 Å². The standard InChI is InChI=1S/C25H28N2O3S/c1-4-23(27(31(3,29)30)21-16-9-6-10-17-21)25(28)26-24(20-14-7-5-8-15-20)22-18-12-11-13-19(22)2/h5-18,23-24H,4H2,1-3H3,(H,26,28). The molecule has 0 saturated heterocycles. The number of benzene rings is 3. The van der Waals surface area contributed by atoms with Crippen LogP contribution in [-0.4, -0.2) is 26.6 Å². The summed E-state index contributed by atoms with van der Waals surface area (Å²) in [5.74, 6) is -0.339. The topological polar surface area (TPSA) is 66.5 Å². The first kappa shape index (κ1) is 22.6. The second-order valence-corrected chi connectivity index (χ2v) is 9.39. The minimum absolute atomic E-state index is 0.336. The fraction of sp³-hybridized carbons (Fsp3) is 0.240. The molecular formula is C25H28N2O3S. The van der Waals surface area contributed by atoms with E-state index in [4.69, 9.17) is 0 Å². The molecule has 31 heavy (non-hydrogen) atoms. The van der Waals surface area contributed by atoms with Crippen molar-refractivity contribution in [2.24, 2.45) is 0 Å². The quantitative estimate of drug-likeness (QED) is 0.567. The second-order valence-electron chi connectivity index (χ2n) is 7.53. The third-order valence-corrected chi connectivity index (χ3v) is 6.44. The van der Waals surface area contributed by atoms with Crippen LogP contribution in [0.15, 0.2) is 84.9 Å². The number of anilines is 1. The molecule has 0 spiro atoms. The molecule has 0 radical (unpaired) electrons. The normalized spacial score (nSPS) is 13.3. The lowest BCUT2D eigenvalue weighted by molar-refractivity contribution is -0.122. The first-order valence-electron chi connectivity index (χ1n) is 10.3. The average molecular weight is 437 g/mol. The van der Waals surface area contributed by atoms with Crippen LogP contribution in [0.25, 0.3) is 0 Å². The number of para-hydroxylation sites is 1. The van der Waals surface area contributed by atoms with Gasteiger partial charge in [-0.3, -0.25) is 9.10 Å². The van der Waals surface area contributed by atoms with Crippen molar-refractivity contribution in [2.75, 3.05) is 10.6 Å². The summed E-state index contributed by atoms with van der Waals surface area (Å²) in [6, 6.07) is 25.1. The van der Waals surface area contributed by atoms with Gasteiger partial charge in [-0.05, 0) is 42.2 Å². The van der Waals surface area contributed by atoms with Crippen molar-refractivity contribution < 1.29 is 13.2 Å². The van der Waals surface area contributed by atoms with Gasteiger partial charge in [0, 0.05) is 0 Å². The van der Waals surface area contributed by atoms with E-state index in [1.54, 1.807) is 24.3 Å². The Kier molecular flexibility index (Phi) is 7.13. The molecule has 5 nitrogen and oxygen atoms in total. The predicted octanol–water partition coefficient (Wildman–Crippen LogP) is 4.45. The van der Waals surface area contributed by atoms with Crippen LogP contribution in [0.4, 0.5) is 5.69 Å². The van der Waals surface area contributed by atoms with E-state index in [-0.39, 0.29) is 11.9 Å². The number of hydrogen-bond donors (Lipinski definition) is 1. The van der Waals surface area contributed by atoms with Crippen molar-refractivity contribution in [1.29, 1.82) is 0 Å². The Labute approximate surface area is 184 Å². The van der Waals surface area contributed by atoms with Gasteiger partial charge in [-0.15, -0.1) is 0 Å². The van der Waals surface area contributed by atoms with Gasteiger partial charge in [0.15, 0.2) is 0 Å². The number of amides is 1. The number of nitrogens with one attached hydrogen (secondary N) is 1.